The van der Waals surface area contributed by atoms with Crippen LogP contribution >= 0.6 is 0 Å². The van der Waals surface area contributed by atoms with E-state index < -0.39 is 5.60 Å². The van der Waals surface area contributed by atoms with Crippen molar-refractivity contribution in [3.63, 3.8) is 0 Å². The lowest BCUT2D eigenvalue weighted by molar-refractivity contribution is 0.0627. The third kappa shape index (κ3) is 2.95. The lowest BCUT2D eigenvalue weighted by Gasteiger charge is -2.18. The maximum Gasteiger partial charge on any atom is 0.123 e. The molecule has 108 valence electrons. The van der Waals surface area contributed by atoms with E-state index in [1.165, 1.54) is 12.1 Å². The number of hydrogen-bond donors (Lipinski definition) is 1. The molecule has 1 heterocycles. The van der Waals surface area contributed by atoms with E-state index in [0.29, 0.717) is 6.54 Å². The van der Waals surface area contributed by atoms with Gasteiger partial charge < -0.3 is 9.67 Å². The van der Waals surface area contributed by atoms with Crippen LogP contribution in [0.5, 0.6) is 0 Å². The topological polar surface area (TPSA) is 38.0 Å². The SMILES string of the molecule is CC(C)(O)Cn1cnc2ccc(-c3ccc(F)cc3)cc21. The first kappa shape index (κ1) is 13.8. The minimum Gasteiger partial charge on any atom is -0.389 e. The Kier molecular flexibility index (Phi) is 3.26. The Morgan fingerprint density at radius 2 is 1.76 bits per heavy atom. The summed E-state index contributed by atoms with van der Waals surface area (Å²) in [5, 5.41) is 9.98. The molecule has 0 amide bonds. The number of fused-ring (bicyclic) bond motifs is 1. The number of aromatic nitrogens is 2. The second-order valence-corrected chi connectivity index (χ2v) is 5.90. The number of rotatable bonds is 3. The molecule has 0 bridgehead atoms. The molecule has 0 aliphatic rings. The Bertz CT molecular complexity index is 770. The van der Waals surface area contributed by atoms with Gasteiger partial charge in [-0.25, -0.2) is 9.37 Å². The molecule has 2 aromatic carbocycles. The van der Waals surface area contributed by atoms with Crippen molar-refractivity contribution in [1.29, 1.82) is 0 Å². The minimum atomic E-state index is -0.806. The average Bonchev–Trinajstić information content (AvgIpc) is 2.80. The Labute approximate surface area is 122 Å². The zero-order valence-electron chi connectivity index (χ0n) is 12.0. The van der Waals surface area contributed by atoms with Gasteiger partial charge in [0.25, 0.3) is 0 Å². The fraction of sp³-hybridized carbons (Fsp3) is 0.235. The van der Waals surface area contributed by atoms with Gasteiger partial charge in [-0.1, -0.05) is 18.2 Å². The van der Waals surface area contributed by atoms with Gasteiger partial charge in [-0.2, -0.15) is 0 Å². The third-order valence-electron chi connectivity index (χ3n) is 3.36. The summed E-state index contributed by atoms with van der Waals surface area (Å²) in [5.74, 6) is -0.244. The van der Waals surface area contributed by atoms with Crippen molar-refractivity contribution in [2.24, 2.45) is 0 Å². The Morgan fingerprint density at radius 1 is 1.10 bits per heavy atom. The molecular weight excluding hydrogens is 267 g/mol. The van der Waals surface area contributed by atoms with Crippen LogP contribution in [0.25, 0.3) is 22.2 Å². The van der Waals surface area contributed by atoms with E-state index in [2.05, 4.69) is 4.98 Å². The highest BCUT2D eigenvalue weighted by Crippen LogP contribution is 2.25. The summed E-state index contributed by atoms with van der Waals surface area (Å²) in [5.41, 5.74) is 2.98. The molecule has 0 radical (unpaired) electrons. The second kappa shape index (κ2) is 4.97. The van der Waals surface area contributed by atoms with Gasteiger partial charge in [0, 0.05) is 0 Å². The van der Waals surface area contributed by atoms with Crippen molar-refractivity contribution < 1.29 is 9.50 Å². The molecule has 4 heteroatoms. The number of imidazole rings is 1. The third-order valence-corrected chi connectivity index (χ3v) is 3.36. The zero-order valence-corrected chi connectivity index (χ0v) is 12.0. The molecule has 0 aliphatic heterocycles. The molecule has 1 aromatic heterocycles. The standard InChI is InChI=1S/C17H17FN2O/c1-17(2,21)10-20-11-19-15-8-5-13(9-16(15)20)12-3-6-14(18)7-4-12/h3-9,11,21H,10H2,1-2H3. The Balaban J connectivity index is 2.06. The quantitative estimate of drug-likeness (QED) is 0.797. The van der Waals surface area contributed by atoms with E-state index >= 15 is 0 Å². The van der Waals surface area contributed by atoms with Crippen molar-refractivity contribution in [2.45, 2.75) is 26.0 Å². The molecule has 0 saturated carbocycles. The predicted molar refractivity (Wildman–Crippen MR) is 81.4 cm³/mol. The second-order valence-electron chi connectivity index (χ2n) is 5.90. The van der Waals surface area contributed by atoms with Crippen molar-refractivity contribution in [2.75, 3.05) is 0 Å². The summed E-state index contributed by atoms with van der Waals surface area (Å²) in [6.07, 6.45) is 1.73. The summed E-state index contributed by atoms with van der Waals surface area (Å²) < 4.78 is 14.9. The van der Waals surface area contributed by atoms with E-state index in [-0.39, 0.29) is 5.82 Å². The van der Waals surface area contributed by atoms with Crippen molar-refractivity contribution in [1.82, 2.24) is 9.55 Å². The Hall–Kier alpha value is -2.20. The maximum absolute atomic E-state index is 13.0. The molecule has 3 rings (SSSR count). The van der Waals surface area contributed by atoms with Crippen molar-refractivity contribution >= 4 is 11.0 Å². The highest BCUT2D eigenvalue weighted by Gasteiger charge is 2.15. The summed E-state index contributed by atoms with van der Waals surface area (Å²) in [6, 6.07) is 12.3. The molecule has 0 aliphatic carbocycles. The molecule has 0 saturated heterocycles. The van der Waals surface area contributed by atoms with Gasteiger partial charge in [-0.05, 0) is 49.2 Å². The molecule has 21 heavy (non-hydrogen) atoms. The molecule has 0 spiro atoms. The van der Waals surface area contributed by atoms with E-state index in [0.717, 1.165) is 22.2 Å². The number of halogens is 1. The molecule has 1 N–H and O–H groups in total. The zero-order chi connectivity index (χ0) is 15.0. The molecule has 0 unspecified atom stereocenters. The maximum atomic E-state index is 13.0. The number of aliphatic hydroxyl groups is 1. The van der Waals surface area contributed by atoms with Crippen LogP contribution in [0.15, 0.2) is 48.8 Å². The Morgan fingerprint density at radius 3 is 2.43 bits per heavy atom. The van der Waals surface area contributed by atoms with Gasteiger partial charge in [0.15, 0.2) is 0 Å². The van der Waals surface area contributed by atoms with Crippen LogP contribution in [0.2, 0.25) is 0 Å². The number of benzene rings is 2. The van der Waals surface area contributed by atoms with E-state index in [1.807, 2.05) is 22.8 Å². The summed E-state index contributed by atoms with van der Waals surface area (Å²) in [6.45, 7) is 4.00. The van der Waals surface area contributed by atoms with Crippen LogP contribution < -0.4 is 0 Å². The summed E-state index contributed by atoms with van der Waals surface area (Å²) in [7, 11) is 0. The smallest absolute Gasteiger partial charge is 0.123 e. The molecular formula is C17H17FN2O. The summed E-state index contributed by atoms with van der Waals surface area (Å²) >= 11 is 0. The lowest BCUT2D eigenvalue weighted by atomic mass is 10.0. The lowest BCUT2D eigenvalue weighted by Crippen LogP contribution is -2.25. The van der Waals surface area contributed by atoms with Crippen LogP contribution in [0.1, 0.15) is 13.8 Å². The van der Waals surface area contributed by atoms with Crippen LogP contribution in [0.4, 0.5) is 4.39 Å². The fourth-order valence-electron chi connectivity index (χ4n) is 2.42. The van der Waals surface area contributed by atoms with Gasteiger partial charge in [-0.3, -0.25) is 0 Å². The average molecular weight is 284 g/mol. The first-order chi connectivity index (χ1) is 9.92. The van der Waals surface area contributed by atoms with Gasteiger partial charge in [0.1, 0.15) is 5.82 Å². The highest BCUT2D eigenvalue weighted by molar-refractivity contribution is 5.82. The van der Waals surface area contributed by atoms with E-state index in [1.54, 1.807) is 32.3 Å². The number of nitrogens with zero attached hydrogens (tertiary/aromatic N) is 2. The van der Waals surface area contributed by atoms with Gasteiger partial charge >= 0.3 is 0 Å². The molecule has 0 atom stereocenters. The minimum absolute atomic E-state index is 0.244. The van der Waals surface area contributed by atoms with Crippen molar-refractivity contribution in [3.05, 3.63) is 54.6 Å². The number of hydrogen-bond acceptors (Lipinski definition) is 2. The highest BCUT2D eigenvalue weighted by atomic mass is 19.1. The van der Waals surface area contributed by atoms with E-state index in [4.69, 9.17) is 0 Å². The van der Waals surface area contributed by atoms with E-state index in [9.17, 15) is 9.50 Å². The van der Waals surface area contributed by atoms with Gasteiger partial charge in [0.2, 0.25) is 0 Å². The largest absolute Gasteiger partial charge is 0.389 e. The fourth-order valence-corrected chi connectivity index (χ4v) is 2.42. The van der Waals surface area contributed by atoms with Crippen LogP contribution in [0, 0.1) is 5.82 Å². The van der Waals surface area contributed by atoms with Gasteiger partial charge in [-0.15, -0.1) is 0 Å². The first-order valence-electron chi connectivity index (χ1n) is 6.86. The van der Waals surface area contributed by atoms with Crippen molar-refractivity contribution in [3.8, 4) is 11.1 Å². The predicted octanol–water partition coefficient (Wildman–Crippen LogP) is 3.61. The van der Waals surface area contributed by atoms with Crippen LogP contribution in [0.3, 0.4) is 0 Å². The monoisotopic (exact) mass is 284 g/mol. The molecule has 3 aromatic rings. The molecule has 0 fully saturated rings. The normalized spacial score (nSPS) is 12.0. The van der Waals surface area contributed by atoms with Crippen LogP contribution in [-0.4, -0.2) is 20.3 Å². The van der Waals surface area contributed by atoms with Crippen LogP contribution in [-0.2, 0) is 6.54 Å². The molecule has 3 nitrogen and oxygen atoms in total. The van der Waals surface area contributed by atoms with Gasteiger partial charge in [0.05, 0.1) is 29.5 Å². The summed E-state index contributed by atoms with van der Waals surface area (Å²) in [4.78, 5) is 4.34. The first-order valence-corrected chi connectivity index (χ1v) is 6.86.